The molecule has 0 aromatic heterocycles. The third-order valence-electron chi connectivity index (χ3n) is 4.30. The molecular weight excluding hydrogens is 382 g/mol. The van der Waals surface area contributed by atoms with Crippen LogP contribution < -0.4 is 10.1 Å². The van der Waals surface area contributed by atoms with Crippen LogP contribution in [0.2, 0.25) is 0 Å². The number of carbonyl (C=O) groups excluding carboxylic acids is 1. The molecule has 1 aliphatic rings. The molecule has 2 atom stereocenters. The summed E-state index contributed by atoms with van der Waals surface area (Å²) in [7, 11) is 0. The van der Waals surface area contributed by atoms with E-state index in [-0.39, 0.29) is 18.1 Å². The van der Waals surface area contributed by atoms with E-state index >= 15 is 0 Å². The number of halogens is 1. The van der Waals surface area contributed by atoms with Crippen molar-refractivity contribution in [2.75, 3.05) is 13.2 Å². The Morgan fingerprint density at radius 1 is 1.28 bits per heavy atom. The molecule has 1 fully saturated rings. The van der Waals surface area contributed by atoms with Gasteiger partial charge < -0.3 is 14.8 Å². The lowest BCUT2D eigenvalue weighted by Crippen LogP contribution is -2.26. The maximum Gasteiger partial charge on any atom is 0.251 e. The molecule has 0 aliphatic carbocycles. The highest BCUT2D eigenvalue weighted by Gasteiger charge is 2.16. The first-order valence-corrected chi connectivity index (χ1v) is 9.32. The minimum Gasteiger partial charge on any atom is -0.491 e. The molecule has 3 rings (SSSR count). The van der Waals surface area contributed by atoms with E-state index in [0.717, 1.165) is 35.2 Å². The zero-order chi connectivity index (χ0) is 17.6. The second-order valence-corrected chi connectivity index (χ2v) is 7.04. The molecule has 2 aromatic rings. The monoisotopic (exact) mass is 403 g/mol. The topological polar surface area (TPSA) is 47.6 Å². The second kappa shape index (κ2) is 8.50. The summed E-state index contributed by atoms with van der Waals surface area (Å²) in [6.07, 6.45) is 2.34. The normalized spacial score (nSPS) is 17.9. The van der Waals surface area contributed by atoms with E-state index in [4.69, 9.17) is 9.47 Å². The Morgan fingerprint density at radius 2 is 2.04 bits per heavy atom. The maximum absolute atomic E-state index is 12.4. The summed E-state index contributed by atoms with van der Waals surface area (Å²) >= 11 is 3.52. The summed E-state index contributed by atoms with van der Waals surface area (Å²) in [5.41, 5.74) is 1.66. The van der Waals surface area contributed by atoms with Crippen molar-refractivity contribution >= 4 is 21.8 Å². The van der Waals surface area contributed by atoms with E-state index in [1.807, 2.05) is 43.3 Å². The van der Waals surface area contributed by atoms with Gasteiger partial charge in [-0.25, -0.2) is 0 Å². The van der Waals surface area contributed by atoms with Crippen molar-refractivity contribution in [3.8, 4) is 5.75 Å². The van der Waals surface area contributed by atoms with E-state index in [9.17, 15) is 4.79 Å². The summed E-state index contributed by atoms with van der Waals surface area (Å²) in [4.78, 5) is 12.4. The van der Waals surface area contributed by atoms with Crippen LogP contribution in [0.1, 0.15) is 41.7 Å². The lowest BCUT2D eigenvalue weighted by atomic mass is 10.1. The predicted octanol–water partition coefficient (Wildman–Crippen LogP) is 4.50. The van der Waals surface area contributed by atoms with Gasteiger partial charge in [0.25, 0.3) is 5.91 Å². The Labute approximate surface area is 156 Å². The van der Waals surface area contributed by atoms with Crippen LogP contribution in [0.5, 0.6) is 5.75 Å². The fraction of sp³-hybridized carbons (Fsp3) is 0.350. The van der Waals surface area contributed by atoms with Crippen molar-refractivity contribution in [3.05, 3.63) is 64.1 Å². The fourth-order valence-electron chi connectivity index (χ4n) is 2.85. The average molecular weight is 404 g/mol. The SMILES string of the molecule is C[C@@H](NC(=O)c1ccc(OC[C@@H]2CCCO2)cc1)c1ccccc1Br. The van der Waals surface area contributed by atoms with Gasteiger partial charge in [-0.3, -0.25) is 4.79 Å². The summed E-state index contributed by atoms with van der Waals surface area (Å²) in [5.74, 6) is 0.653. The van der Waals surface area contributed by atoms with Crippen LogP contribution in [0.3, 0.4) is 0 Å². The fourth-order valence-corrected chi connectivity index (χ4v) is 3.48. The molecule has 1 saturated heterocycles. The lowest BCUT2D eigenvalue weighted by Gasteiger charge is -2.16. The molecule has 2 aromatic carbocycles. The summed E-state index contributed by atoms with van der Waals surface area (Å²) in [5, 5.41) is 3.02. The number of benzene rings is 2. The minimum absolute atomic E-state index is 0.0847. The smallest absolute Gasteiger partial charge is 0.251 e. The van der Waals surface area contributed by atoms with Gasteiger partial charge >= 0.3 is 0 Å². The first-order chi connectivity index (χ1) is 12.1. The molecule has 0 unspecified atom stereocenters. The molecule has 1 N–H and O–H groups in total. The maximum atomic E-state index is 12.4. The third-order valence-corrected chi connectivity index (χ3v) is 5.02. The third kappa shape index (κ3) is 4.83. The highest BCUT2D eigenvalue weighted by atomic mass is 79.9. The van der Waals surface area contributed by atoms with E-state index in [1.54, 1.807) is 12.1 Å². The van der Waals surface area contributed by atoms with Gasteiger partial charge in [-0.15, -0.1) is 0 Å². The number of nitrogens with one attached hydrogen (secondary N) is 1. The Bertz CT molecular complexity index is 711. The molecule has 0 bridgehead atoms. The van der Waals surface area contributed by atoms with Crippen molar-refractivity contribution in [2.24, 2.45) is 0 Å². The van der Waals surface area contributed by atoms with Gasteiger partial charge in [0.05, 0.1) is 12.1 Å². The average Bonchev–Trinajstić information content (AvgIpc) is 3.14. The zero-order valence-electron chi connectivity index (χ0n) is 14.2. The highest BCUT2D eigenvalue weighted by molar-refractivity contribution is 9.10. The number of rotatable bonds is 6. The number of amides is 1. The van der Waals surface area contributed by atoms with Gasteiger partial charge in [0.1, 0.15) is 12.4 Å². The van der Waals surface area contributed by atoms with E-state index in [0.29, 0.717) is 12.2 Å². The number of ether oxygens (including phenoxy) is 2. The molecule has 1 aliphatic heterocycles. The largest absolute Gasteiger partial charge is 0.491 e. The second-order valence-electron chi connectivity index (χ2n) is 6.19. The molecule has 5 heteroatoms. The molecule has 0 spiro atoms. The van der Waals surface area contributed by atoms with Gasteiger partial charge in [0.15, 0.2) is 0 Å². The van der Waals surface area contributed by atoms with Crippen molar-refractivity contribution < 1.29 is 14.3 Å². The molecule has 1 amide bonds. The van der Waals surface area contributed by atoms with Crippen LogP contribution in [-0.2, 0) is 4.74 Å². The predicted molar refractivity (Wildman–Crippen MR) is 101 cm³/mol. The minimum atomic E-state index is -0.103. The van der Waals surface area contributed by atoms with Gasteiger partial charge in [0.2, 0.25) is 0 Å². The first kappa shape index (κ1) is 18.0. The van der Waals surface area contributed by atoms with Crippen LogP contribution in [0.15, 0.2) is 53.0 Å². The Balaban J connectivity index is 1.56. The summed E-state index contributed by atoms with van der Waals surface area (Å²) in [6, 6.07) is 15.0. The van der Waals surface area contributed by atoms with Gasteiger partial charge in [-0.1, -0.05) is 34.1 Å². The van der Waals surface area contributed by atoms with Crippen LogP contribution in [0.4, 0.5) is 0 Å². The first-order valence-electron chi connectivity index (χ1n) is 8.53. The van der Waals surface area contributed by atoms with Crippen LogP contribution in [0.25, 0.3) is 0 Å². The molecule has 132 valence electrons. The van der Waals surface area contributed by atoms with Crippen molar-refractivity contribution in [1.82, 2.24) is 5.32 Å². The summed E-state index contributed by atoms with van der Waals surface area (Å²) in [6.45, 7) is 3.35. The Kier molecular flexibility index (Phi) is 6.10. The van der Waals surface area contributed by atoms with E-state index < -0.39 is 0 Å². The van der Waals surface area contributed by atoms with Gasteiger partial charge in [-0.2, -0.15) is 0 Å². The highest BCUT2D eigenvalue weighted by Crippen LogP contribution is 2.23. The van der Waals surface area contributed by atoms with E-state index in [1.165, 1.54) is 0 Å². The van der Waals surface area contributed by atoms with Gasteiger partial charge in [0, 0.05) is 16.6 Å². The molecule has 1 heterocycles. The molecular formula is C20H22BrNO3. The Morgan fingerprint density at radius 3 is 2.72 bits per heavy atom. The van der Waals surface area contributed by atoms with Crippen molar-refractivity contribution in [2.45, 2.75) is 31.9 Å². The zero-order valence-corrected chi connectivity index (χ0v) is 15.8. The van der Waals surface area contributed by atoms with Crippen molar-refractivity contribution in [1.29, 1.82) is 0 Å². The quantitative estimate of drug-likeness (QED) is 0.772. The van der Waals surface area contributed by atoms with E-state index in [2.05, 4.69) is 21.2 Å². The number of hydrogen-bond acceptors (Lipinski definition) is 3. The number of carbonyl (C=O) groups is 1. The van der Waals surface area contributed by atoms with Crippen LogP contribution >= 0.6 is 15.9 Å². The standard InChI is InChI=1S/C20H22BrNO3/c1-14(18-6-2-3-7-19(18)21)22-20(23)15-8-10-16(11-9-15)25-13-17-5-4-12-24-17/h2-3,6-11,14,17H,4-5,12-13H2,1H3,(H,22,23)/t14-,17+/m1/s1. The van der Waals surface area contributed by atoms with Crippen LogP contribution in [0, 0.1) is 0 Å². The summed E-state index contributed by atoms with van der Waals surface area (Å²) < 4.78 is 12.3. The molecule has 0 radical (unpaired) electrons. The lowest BCUT2D eigenvalue weighted by molar-refractivity contribution is 0.0679. The number of hydrogen-bond donors (Lipinski definition) is 1. The molecule has 25 heavy (non-hydrogen) atoms. The molecule has 4 nitrogen and oxygen atoms in total. The van der Waals surface area contributed by atoms with Crippen LogP contribution in [-0.4, -0.2) is 25.2 Å². The molecule has 0 saturated carbocycles. The van der Waals surface area contributed by atoms with Crippen molar-refractivity contribution in [3.63, 3.8) is 0 Å². The Hall–Kier alpha value is -1.85. The van der Waals surface area contributed by atoms with Gasteiger partial charge in [-0.05, 0) is 55.7 Å².